The lowest BCUT2D eigenvalue weighted by atomic mass is 9.95. The van der Waals surface area contributed by atoms with Crippen molar-refractivity contribution in [1.29, 1.82) is 0 Å². The first-order valence-electron chi connectivity index (χ1n) is 4.89. The van der Waals surface area contributed by atoms with E-state index in [0.717, 1.165) is 6.07 Å². The molecule has 2 rings (SSSR count). The van der Waals surface area contributed by atoms with Crippen molar-refractivity contribution in [1.82, 2.24) is 0 Å². The van der Waals surface area contributed by atoms with Crippen molar-refractivity contribution in [3.63, 3.8) is 0 Å². The fourth-order valence-corrected chi connectivity index (χ4v) is 2.16. The number of hydrogen-bond acceptors (Lipinski definition) is 2. The van der Waals surface area contributed by atoms with Crippen LogP contribution in [0.4, 0.5) is 4.39 Å². The summed E-state index contributed by atoms with van der Waals surface area (Å²) in [5.41, 5.74) is 0.535. The van der Waals surface area contributed by atoms with Crippen LogP contribution in [0.15, 0.2) is 18.2 Å². The Balaban J connectivity index is 2.32. The molecule has 0 saturated carbocycles. The first-order valence-corrected chi connectivity index (χ1v) is 5.27. The lowest BCUT2D eigenvalue weighted by Gasteiger charge is -2.16. The summed E-state index contributed by atoms with van der Waals surface area (Å²) in [6, 6.07) is 3.89. The van der Waals surface area contributed by atoms with Crippen molar-refractivity contribution in [2.45, 2.75) is 12.5 Å². The Labute approximate surface area is 96.8 Å². The van der Waals surface area contributed by atoms with E-state index < -0.39 is 23.8 Å². The third-order valence-electron chi connectivity index (χ3n) is 2.68. The smallest absolute Gasteiger partial charge is 0.309 e. The second kappa shape index (κ2) is 4.39. The predicted octanol–water partition coefficient (Wildman–Crippen LogP) is 2.64. The standard InChI is InChI=1S/C11H10ClFO3/c12-9-5-6(13)1-2-7(9)10-8(11(14)15)3-4-16-10/h1-2,5,8,10H,3-4H2,(H,14,15). The van der Waals surface area contributed by atoms with Crippen LogP contribution in [-0.4, -0.2) is 17.7 Å². The van der Waals surface area contributed by atoms with Crippen LogP contribution in [0.1, 0.15) is 18.1 Å². The van der Waals surface area contributed by atoms with Gasteiger partial charge in [0.05, 0.1) is 12.0 Å². The Morgan fingerprint density at radius 3 is 2.94 bits per heavy atom. The van der Waals surface area contributed by atoms with Gasteiger partial charge < -0.3 is 9.84 Å². The van der Waals surface area contributed by atoms with Crippen LogP contribution in [0.5, 0.6) is 0 Å². The van der Waals surface area contributed by atoms with E-state index in [9.17, 15) is 9.18 Å². The van der Waals surface area contributed by atoms with Gasteiger partial charge in [0.1, 0.15) is 5.82 Å². The zero-order valence-electron chi connectivity index (χ0n) is 8.32. The molecule has 1 fully saturated rings. The van der Waals surface area contributed by atoms with Gasteiger partial charge in [-0.15, -0.1) is 0 Å². The molecule has 86 valence electrons. The first kappa shape index (κ1) is 11.4. The Bertz CT molecular complexity index is 422. The Hall–Kier alpha value is -1.13. The van der Waals surface area contributed by atoms with Crippen LogP contribution in [-0.2, 0) is 9.53 Å². The monoisotopic (exact) mass is 244 g/mol. The Morgan fingerprint density at radius 2 is 2.31 bits per heavy atom. The number of rotatable bonds is 2. The average molecular weight is 245 g/mol. The molecule has 2 atom stereocenters. The minimum Gasteiger partial charge on any atom is -0.481 e. The van der Waals surface area contributed by atoms with E-state index in [-0.39, 0.29) is 5.02 Å². The van der Waals surface area contributed by atoms with Crippen molar-refractivity contribution in [3.8, 4) is 0 Å². The molecule has 1 saturated heterocycles. The summed E-state index contributed by atoms with van der Waals surface area (Å²) in [5.74, 6) is -1.97. The summed E-state index contributed by atoms with van der Waals surface area (Å²) in [5, 5.41) is 9.20. The molecule has 0 spiro atoms. The summed E-state index contributed by atoms with van der Waals surface area (Å²) in [7, 11) is 0. The summed E-state index contributed by atoms with van der Waals surface area (Å²) in [6.45, 7) is 0.384. The summed E-state index contributed by atoms with van der Waals surface area (Å²) in [4.78, 5) is 11.0. The fourth-order valence-electron chi connectivity index (χ4n) is 1.88. The minimum atomic E-state index is -0.914. The molecular weight excluding hydrogens is 235 g/mol. The van der Waals surface area contributed by atoms with Crippen LogP contribution >= 0.6 is 11.6 Å². The van der Waals surface area contributed by atoms with Crippen molar-refractivity contribution >= 4 is 17.6 Å². The number of aliphatic carboxylic acids is 1. The quantitative estimate of drug-likeness (QED) is 0.870. The molecule has 1 aliphatic rings. The summed E-state index contributed by atoms with van der Waals surface area (Å²) < 4.78 is 18.2. The van der Waals surface area contributed by atoms with E-state index in [1.165, 1.54) is 12.1 Å². The molecule has 0 amide bonds. The molecule has 16 heavy (non-hydrogen) atoms. The van der Waals surface area contributed by atoms with Gasteiger partial charge in [0.25, 0.3) is 0 Å². The number of carboxylic acids is 1. The molecule has 1 aliphatic heterocycles. The molecule has 1 N–H and O–H groups in total. The minimum absolute atomic E-state index is 0.207. The first-order chi connectivity index (χ1) is 7.59. The maximum absolute atomic E-state index is 12.8. The third kappa shape index (κ3) is 2.03. The zero-order chi connectivity index (χ0) is 11.7. The molecule has 0 aromatic heterocycles. The van der Waals surface area contributed by atoms with Crippen LogP contribution in [0.25, 0.3) is 0 Å². The van der Waals surface area contributed by atoms with Crippen LogP contribution in [0, 0.1) is 11.7 Å². The van der Waals surface area contributed by atoms with E-state index in [4.69, 9.17) is 21.4 Å². The number of carboxylic acid groups (broad SMARTS) is 1. The maximum atomic E-state index is 12.8. The summed E-state index contributed by atoms with van der Waals surface area (Å²) >= 11 is 5.87. The van der Waals surface area contributed by atoms with Crippen molar-refractivity contribution in [2.75, 3.05) is 6.61 Å². The van der Waals surface area contributed by atoms with E-state index >= 15 is 0 Å². The summed E-state index contributed by atoms with van der Waals surface area (Å²) in [6.07, 6.45) is -0.126. The van der Waals surface area contributed by atoms with Crippen LogP contribution in [0.3, 0.4) is 0 Å². The zero-order valence-corrected chi connectivity index (χ0v) is 9.08. The predicted molar refractivity (Wildman–Crippen MR) is 55.8 cm³/mol. The van der Waals surface area contributed by atoms with Gasteiger partial charge in [-0.3, -0.25) is 4.79 Å². The van der Waals surface area contributed by atoms with Gasteiger partial charge >= 0.3 is 5.97 Å². The normalized spacial score (nSPS) is 24.6. The largest absolute Gasteiger partial charge is 0.481 e. The van der Waals surface area contributed by atoms with Crippen molar-refractivity contribution in [2.24, 2.45) is 5.92 Å². The van der Waals surface area contributed by atoms with Gasteiger partial charge in [-0.1, -0.05) is 17.7 Å². The highest BCUT2D eigenvalue weighted by atomic mass is 35.5. The number of carbonyl (C=O) groups is 1. The number of halogens is 2. The van der Waals surface area contributed by atoms with E-state index in [0.29, 0.717) is 18.6 Å². The molecular formula is C11H10ClFO3. The van der Waals surface area contributed by atoms with Gasteiger partial charge in [0.2, 0.25) is 0 Å². The molecule has 0 bridgehead atoms. The third-order valence-corrected chi connectivity index (χ3v) is 3.01. The van der Waals surface area contributed by atoms with Crippen molar-refractivity contribution in [3.05, 3.63) is 34.6 Å². The molecule has 2 unspecified atom stereocenters. The highest BCUT2D eigenvalue weighted by molar-refractivity contribution is 6.31. The molecule has 1 aromatic rings. The molecule has 3 nitrogen and oxygen atoms in total. The maximum Gasteiger partial charge on any atom is 0.309 e. The van der Waals surface area contributed by atoms with Gasteiger partial charge in [-0.25, -0.2) is 4.39 Å². The van der Waals surface area contributed by atoms with E-state index in [1.807, 2.05) is 0 Å². The number of ether oxygens (including phenoxy) is 1. The number of benzene rings is 1. The molecule has 0 aliphatic carbocycles. The van der Waals surface area contributed by atoms with E-state index in [2.05, 4.69) is 0 Å². The van der Waals surface area contributed by atoms with Gasteiger partial charge in [0, 0.05) is 17.2 Å². The molecule has 5 heteroatoms. The second-order valence-corrected chi connectivity index (χ2v) is 4.10. The topological polar surface area (TPSA) is 46.5 Å². The lowest BCUT2D eigenvalue weighted by Crippen LogP contribution is -2.17. The lowest BCUT2D eigenvalue weighted by molar-refractivity contribution is -0.143. The Kier molecular flexibility index (Phi) is 3.12. The number of hydrogen-bond donors (Lipinski definition) is 1. The van der Waals surface area contributed by atoms with Gasteiger partial charge in [-0.2, -0.15) is 0 Å². The van der Waals surface area contributed by atoms with E-state index in [1.54, 1.807) is 0 Å². The molecule has 1 aromatic carbocycles. The van der Waals surface area contributed by atoms with Crippen LogP contribution in [0.2, 0.25) is 5.02 Å². The average Bonchev–Trinajstić information content (AvgIpc) is 2.66. The molecule has 0 radical (unpaired) electrons. The Morgan fingerprint density at radius 1 is 1.56 bits per heavy atom. The molecule has 1 heterocycles. The van der Waals surface area contributed by atoms with Crippen LogP contribution < -0.4 is 0 Å². The SMILES string of the molecule is O=C(O)C1CCOC1c1ccc(F)cc1Cl. The second-order valence-electron chi connectivity index (χ2n) is 3.69. The highest BCUT2D eigenvalue weighted by Crippen LogP contribution is 2.38. The van der Waals surface area contributed by atoms with Crippen molar-refractivity contribution < 1.29 is 19.0 Å². The van der Waals surface area contributed by atoms with Gasteiger partial charge in [0.15, 0.2) is 0 Å². The van der Waals surface area contributed by atoms with Gasteiger partial charge in [-0.05, 0) is 18.6 Å². The highest BCUT2D eigenvalue weighted by Gasteiger charge is 2.36. The fraction of sp³-hybridized carbons (Fsp3) is 0.364.